The van der Waals surface area contributed by atoms with Crippen molar-refractivity contribution in [1.82, 2.24) is 19.2 Å². The van der Waals surface area contributed by atoms with Crippen LogP contribution in [0.1, 0.15) is 4.88 Å². The van der Waals surface area contributed by atoms with Gasteiger partial charge >= 0.3 is 0 Å². The minimum Gasteiger partial charge on any atom is -0.378 e. The first-order valence-electron chi connectivity index (χ1n) is 9.21. The number of rotatable bonds is 5. The van der Waals surface area contributed by atoms with Crippen molar-refractivity contribution in [2.45, 2.75) is 6.54 Å². The predicted octanol–water partition coefficient (Wildman–Crippen LogP) is -0.109. The summed E-state index contributed by atoms with van der Waals surface area (Å²) in [6, 6.07) is 2.08. The molecule has 0 saturated carbocycles. The summed E-state index contributed by atoms with van der Waals surface area (Å²) in [5.41, 5.74) is 3.43. The Morgan fingerprint density at radius 2 is 1.89 bits per heavy atom. The quantitative estimate of drug-likeness (QED) is 0.498. The van der Waals surface area contributed by atoms with Crippen molar-refractivity contribution in [2.75, 3.05) is 69.1 Å². The third kappa shape index (κ3) is 4.21. The molecule has 0 spiro atoms. The lowest BCUT2D eigenvalue weighted by Crippen LogP contribution is -2.47. The number of hydrogen-bond donors (Lipinski definition) is 2. The molecule has 0 bridgehead atoms. The number of aromatic nitrogens is 2. The lowest BCUT2D eigenvalue weighted by Gasteiger charge is -2.32. The van der Waals surface area contributed by atoms with Crippen molar-refractivity contribution < 1.29 is 13.2 Å². The molecule has 10 nitrogen and oxygen atoms in total. The van der Waals surface area contributed by atoms with Crippen LogP contribution in [0.25, 0.3) is 10.2 Å². The fourth-order valence-electron chi connectivity index (χ4n) is 3.54. The first-order valence-corrected chi connectivity index (χ1v) is 11.9. The molecular weight excluding hydrogens is 402 g/mol. The zero-order chi connectivity index (χ0) is 19.7. The molecular formula is C16H25N7O3S2. The van der Waals surface area contributed by atoms with Gasteiger partial charge in [0, 0.05) is 50.7 Å². The smallest absolute Gasteiger partial charge is 0.239 e. The van der Waals surface area contributed by atoms with E-state index in [4.69, 9.17) is 10.6 Å². The molecule has 0 amide bonds. The molecule has 2 aliphatic heterocycles. The van der Waals surface area contributed by atoms with Crippen molar-refractivity contribution in [1.29, 1.82) is 0 Å². The average Bonchev–Trinajstić information content (AvgIpc) is 3.09. The minimum absolute atomic E-state index is 0.403. The Kier molecular flexibility index (Phi) is 5.67. The molecule has 3 N–H and O–H groups in total. The van der Waals surface area contributed by atoms with Crippen LogP contribution in [0.5, 0.6) is 0 Å². The fourth-order valence-corrected chi connectivity index (χ4v) is 5.52. The maximum Gasteiger partial charge on any atom is 0.239 e. The van der Waals surface area contributed by atoms with Gasteiger partial charge in [-0.1, -0.05) is 0 Å². The Hall–Kier alpha value is -1.57. The molecule has 0 unspecified atom stereocenters. The number of ether oxygens (including phenoxy) is 1. The normalized spacial score (nSPS) is 20.0. The number of anilines is 2. The third-order valence-corrected chi connectivity index (χ3v) is 7.43. The molecule has 2 aromatic heterocycles. The second kappa shape index (κ2) is 8.05. The molecule has 154 valence electrons. The molecule has 0 aromatic carbocycles. The molecule has 2 aliphatic rings. The highest BCUT2D eigenvalue weighted by Crippen LogP contribution is 2.34. The van der Waals surface area contributed by atoms with Gasteiger partial charge in [0.25, 0.3) is 0 Å². The summed E-state index contributed by atoms with van der Waals surface area (Å²) in [5, 5.41) is 0. The van der Waals surface area contributed by atoms with E-state index < -0.39 is 10.0 Å². The SMILES string of the molecule is CS(=O)(=O)N1CCN(Cc2cc3nc(NN)nc(N4CCOCC4)c3s2)CC1. The van der Waals surface area contributed by atoms with E-state index in [1.165, 1.54) is 15.4 Å². The van der Waals surface area contributed by atoms with Crippen molar-refractivity contribution in [3.63, 3.8) is 0 Å². The van der Waals surface area contributed by atoms with Gasteiger partial charge < -0.3 is 9.64 Å². The molecule has 4 heterocycles. The first-order chi connectivity index (χ1) is 13.4. The van der Waals surface area contributed by atoms with Crippen molar-refractivity contribution in [3.8, 4) is 0 Å². The Morgan fingerprint density at radius 1 is 1.18 bits per heavy atom. The predicted molar refractivity (Wildman–Crippen MR) is 110 cm³/mol. The Bertz CT molecular complexity index is 935. The van der Waals surface area contributed by atoms with Crippen LogP contribution in [0.4, 0.5) is 11.8 Å². The number of thiophene rings is 1. The van der Waals surface area contributed by atoms with Crippen molar-refractivity contribution in [3.05, 3.63) is 10.9 Å². The average molecular weight is 428 g/mol. The second-order valence-corrected chi connectivity index (χ2v) is 10.1. The maximum absolute atomic E-state index is 11.7. The molecule has 12 heteroatoms. The molecule has 28 heavy (non-hydrogen) atoms. The highest BCUT2D eigenvalue weighted by atomic mass is 32.2. The largest absolute Gasteiger partial charge is 0.378 e. The number of nitrogen functional groups attached to an aromatic ring is 1. The van der Waals surface area contributed by atoms with Gasteiger partial charge in [-0.3, -0.25) is 10.3 Å². The maximum atomic E-state index is 11.7. The molecule has 2 fully saturated rings. The van der Waals surface area contributed by atoms with Gasteiger partial charge in [0.1, 0.15) is 0 Å². The molecule has 4 rings (SSSR count). The number of fused-ring (bicyclic) bond motifs is 1. The van der Waals surface area contributed by atoms with Crippen LogP contribution in [-0.2, 0) is 21.3 Å². The molecule has 0 aliphatic carbocycles. The summed E-state index contributed by atoms with van der Waals surface area (Å²) in [5.74, 6) is 6.86. The zero-order valence-electron chi connectivity index (χ0n) is 15.8. The van der Waals surface area contributed by atoms with E-state index in [9.17, 15) is 8.42 Å². The van der Waals surface area contributed by atoms with E-state index >= 15 is 0 Å². The van der Waals surface area contributed by atoms with Crippen LogP contribution >= 0.6 is 11.3 Å². The van der Waals surface area contributed by atoms with E-state index in [0.717, 1.165) is 48.8 Å². The Labute approximate surface area is 168 Å². The van der Waals surface area contributed by atoms with E-state index in [1.807, 2.05) is 0 Å². The van der Waals surface area contributed by atoms with Crippen LogP contribution in [0, 0.1) is 0 Å². The molecule has 2 aromatic rings. The standard InChI is InChI=1S/C16H25N7O3S2/c1-28(24,25)23-4-2-21(3-5-23)11-12-10-13-14(27-12)15(19-16(18-13)20-17)22-6-8-26-9-7-22/h10H,2-9,11,17H2,1H3,(H,18,19,20). The summed E-state index contributed by atoms with van der Waals surface area (Å²) >= 11 is 1.69. The summed E-state index contributed by atoms with van der Waals surface area (Å²) in [4.78, 5) is 14.8. The number of nitrogens with one attached hydrogen (secondary N) is 1. The van der Waals surface area contributed by atoms with Crippen LogP contribution in [0.3, 0.4) is 0 Å². The van der Waals surface area contributed by atoms with Crippen LogP contribution in [0.2, 0.25) is 0 Å². The van der Waals surface area contributed by atoms with Crippen LogP contribution in [0.15, 0.2) is 6.07 Å². The van der Waals surface area contributed by atoms with Crippen molar-refractivity contribution in [2.24, 2.45) is 5.84 Å². The first kappa shape index (κ1) is 19.7. The topological polar surface area (TPSA) is 117 Å². The zero-order valence-corrected chi connectivity index (χ0v) is 17.4. The third-order valence-electron chi connectivity index (χ3n) is 5.02. The van der Waals surface area contributed by atoms with Gasteiger partial charge in [0.15, 0.2) is 5.82 Å². The van der Waals surface area contributed by atoms with Gasteiger partial charge in [0.05, 0.1) is 29.7 Å². The lowest BCUT2D eigenvalue weighted by atomic mass is 10.3. The number of hydrogen-bond acceptors (Lipinski definition) is 10. The fraction of sp³-hybridized carbons (Fsp3) is 0.625. The monoisotopic (exact) mass is 427 g/mol. The van der Waals surface area contributed by atoms with Gasteiger partial charge in [-0.15, -0.1) is 11.3 Å². The molecule has 0 atom stereocenters. The highest BCUT2D eigenvalue weighted by molar-refractivity contribution is 7.88. The van der Waals surface area contributed by atoms with Gasteiger partial charge in [-0.05, 0) is 6.07 Å². The van der Waals surface area contributed by atoms with Crippen molar-refractivity contribution >= 4 is 43.3 Å². The number of hydrazine groups is 1. The Balaban J connectivity index is 1.54. The highest BCUT2D eigenvalue weighted by Gasteiger charge is 2.24. The number of nitrogens with two attached hydrogens (primary N) is 1. The number of piperazine rings is 1. The summed E-state index contributed by atoms with van der Waals surface area (Å²) in [7, 11) is -3.11. The van der Waals surface area contributed by atoms with E-state index in [1.54, 1.807) is 11.3 Å². The number of sulfonamides is 1. The van der Waals surface area contributed by atoms with Crippen LogP contribution < -0.4 is 16.2 Å². The second-order valence-electron chi connectivity index (χ2n) is 6.98. The van der Waals surface area contributed by atoms with Gasteiger partial charge in [0.2, 0.25) is 16.0 Å². The van der Waals surface area contributed by atoms with E-state index in [0.29, 0.717) is 32.3 Å². The summed E-state index contributed by atoms with van der Waals surface area (Å²) in [6.45, 7) is 6.21. The van der Waals surface area contributed by atoms with E-state index in [2.05, 4.69) is 31.3 Å². The van der Waals surface area contributed by atoms with Crippen LogP contribution in [-0.4, -0.2) is 86.3 Å². The Morgan fingerprint density at radius 3 is 2.54 bits per heavy atom. The summed E-state index contributed by atoms with van der Waals surface area (Å²) in [6.07, 6.45) is 1.27. The number of nitrogens with zero attached hydrogens (tertiary/aromatic N) is 5. The van der Waals surface area contributed by atoms with Gasteiger partial charge in [-0.25, -0.2) is 19.2 Å². The van der Waals surface area contributed by atoms with Gasteiger partial charge in [-0.2, -0.15) is 9.29 Å². The minimum atomic E-state index is -3.11. The number of morpholine rings is 1. The van der Waals surface area contributed by atoms with E-state index in [-0.39, 0.29) is 0 Å². The molecule has 0 radical (unpaired) electrons. The molecule has 2 saturated heterocycles. The summed E-state index contributed by atoms with van der Waals surface area (Å²) < 4.78 is 31.4. The lowest BCUT2D eigenvalue weighted by molar-refractivity contribution is 0.122.